The van der Waals surface area contributed by atoms with Gasteiger partial charge in [0.2, 0.25) is 5.43 Å². The fraction of sp³-hybridized carbons (Fsp3) is 0.348. The molecule has 0 bridgehead atoms. The Kier molecular flexibility index (Phi) is 6.06. The maximum Gasteiger partial charge on any atom is 0.341 e. The average molecular weight is 460 g/mol. The van der Waals surface area contributed by atoms with Crippen LogP contribution in [0, 0.1) is 5.82 Å². The largest absolute Gasteiger partial charge is 0.497 e. The standard InChI is InChI=1S/C23H23ClFN3O4/c1-27(13-6-4-3-5-7-13)21-17(25)11-15-20(19(21)24)28(12-16(22(15)29)23(30)31)18-10-14(32-2)8-9-26-18/h8-13H,3-7H2,1-2H3,(H,30,31). The van der Waals surface area contributed by atoms with Crippen LogP contribution in [0.5, 0.6) is 5.75 Å². The number of aromatic nitrogens is 2. The molecule has 4 rings (SSSR count). The number of fused-ring (bicyclic) bond motifs is 1. The van der Waals surface area contributed by atoms with Gasteiger partial charge in [-0.1, -0.05) is 30.9 Å². The minimum absolute atomic E-state index is 0.0340. The van der Waals surface area contributed by atoms with Gasteiger partial charge in [0.05, 0.1) is 28.7 Å². The van der Waals surface area contributed by atoms with Crippen LogP contribution in [0.3, 0.4) is 0 Å². The fourth-order valence-electron chi connectivity index (χ4n) is 4.37. The van der Waals surface area contributed by atoms with Crippen molar-refractivity contribution in [1.82, 2.24) is 9.55 Å². The molecule has 0 spiro atoms. The Morgan fingerprint density at radius 1 is 1.31 bits per heavy atom. The van der Waals surface area contributed by atoms with Gasteiger partial charge in [0.25, 0.3) is 0 Å². The molecule has 1 N–H and O–H groups in total. The van der Waals surface area contributed by atoms with Gasteiger partial charge < -0.3 is 14.7 Å². The summed E-state index contributed by atoms with van der Waals surface area (Å²) in [5.74, 6) is -1.32. The van der Waals surface area contributed by atoms with Gasteiger partial charge in [0, 0.05) is 31.5 Å². The van der Waals surface area contributed by atoms with Crippen molar-refractivity contribution in [1.29, 1.82) is 0 Å². The van der Waals surface area contributed by atoms with Crippen LogP contribution in [0.15, 0.2) is 35.4 Å². The van der Waals surface area contributed by atoms with Crippen LogP contribution < -0.4 is 15.1 Å². The van der Waals surface area contributed by atoms with Crippen LogP contribution in [0.1, 0.15) is 42.5 Å². The lowest BCUT2D eigenvalue weighted by Crippen LogP contribution is -2.34. The van der Waals surface area contributed by atoms with E-state index in [2.05, 4.69) is 4.98 Å². The molecule has 7 nitrogen and oxygen atoms in total. The average Bonchev–Trinajstić information content (AvgIpc) is 2.80. The summed E-state index contributed by atoms with van der Waals surface area (Å²) in [6.45, 7) is 0. The molecule has 1 fully saturated rings. The van der Waals surface area contributed by atoms with Crippen molar-refractivity contribution in [2.24, 2.45) is 0 Å². The highest BCUT2D eigenvalue weighted by molar-refractivity contribution is 6.38. The predicted molar refractivity (Wildman–Crippen MR) is 121 cm³/mol. The van der Waals surface area contributed by atoms with E-state index in [4.69, 9.17) is 16.3 Å². The van der Waals surface area contributed by atoms with Crippen molar-refractivity contribution in [3.8, 4) is 11.6 Å². The van der Waals surface area contributed by atoms with Crippen molar-refractivity contribution in [3.05, 3.63) is 57.2 Å². The molecule has 1 aromatic carbocycles. The van der Waals surface area contributed by atoms with Crippen LogP contribution >= 0.6 is 11.6 Å². The molecule has 0 unspecified atom stereocenters. The first-order valence-electron chi connectivity index (χ1n) is 10.4. The van der Waals surface area contributed by atoms with E-state index < -0.39 is 22.8 Å². The van der Waals surface area contributed by atoms with E-state index in [0.717, 1.165) is 38.2 Å². The lowest BCUT2D eigenvalue weighted by molar-refractivity contribution is 0.0695. The monoisotopic (exact) mass is 459 g/mol. The molecule has 0 saturated heterocycles. The van der Waals surface area contributed by atoms with E-state index in [1.165, 1.54) is 24.1 Å². The molecule has 1 aliphatic rings. The van der Waals surface area contributed by atoms with Gasteiger partial charge in [-0.2, -0.15) is 0 Å². The number of nitrogens with zero attached hydrogens (tertiary/aromatic N) is 3. The van der Waals surface area contributed by atoms with Crippen LogP contribution in [0.2, 0.25) is 5.02 Å². The van der Waals surface area contributed by atoms with E-state index in [-0.39, 0.29) is 33.5 Å². The number of hydrogen-bond donors (Lipinski definition) is 1. The second kappa shape index (κ2) is 8.78. The maximum absolute atomic E-state index is 15.3. The molecule has 0 radical (unpaired) electrons. The third-order valence-electron chi connectivity index (χ3n) is 6.06. The van der Waals surface area contributed by atoms with E-state index >= 15 is 4.39 Å². The molecule has 1 saturated carbocycles. The highest BCUT2D eigenvalue weighted by Crippen LogP contribution is 2.38. The van der Waals surface area contributed by atoms with Gasteiger partial charge in [0.1, 0.15) is 22.9 Å². The second-order valence-corrected chi connectivity index (χ2v) is 8.30. The highest BCUT2D eigenvalue weighted by Gasteiger charge is 2.27. The first kappa shape index (κ1) is 22.1. The Labute approximate surface area is 189 Å². The summed E-state index contributed by atoms with van der Waals surface area (Å²) in [5, 5.41) is 9.46. The third-order valence-corrected chi connectivity index (χ3v) is 6.42. The Balaban J connectivity index is 2.03. The van der Waals surface area contributed by atoms with Crippen molar-refractivity contribution in [3.63, 3.8) is 0 Å². The van der Waals surface area contributed by atoms with Gasteiger partial charge in [-0.25, -0.2) is 14.2 Å². The van der Waals surface area contributed by atoms with Crippen LogP contribution in [0.25, 0.3) is 16.7 Å². The third kappa shape index (κ3) is 3.79. The molecule has 0 aliphatic heterocycles. The van der Waals surface area contributed by atoms with Gasteiger partial charge >= 0.3 is 5.97 Å². The van der Waals surface area contributed by atoms with Crippen LogP contribution in [-0.2, 0) is 0 Å². The number of rotatable bonds is 5. The maximum atomic E-state index is 15.3. The molecule has 1 aliphatic carbocycles. The fourth-order valence-corrected chi connectivity index (χ4v) is 4.79. The summed E-state index contributed by atoms with van der Waals surface area (Å²) in [7, 11) is 3.29. The molecule has 32 heavy (non-hydrogen) atoms. The van der Waals surface area contributed by atoms with Crippen molar-refractivity contribution in [2.45, 2.75) is 38.1 Å². The smallest absolute Gasteiger partial charge is 0.341 e. The van der Waals surface area contributed by atoms with E-state index in [1.54, 1.807) is 19.2 Å². The Hall–Kier alpha value is -3.13. The molecular formula is C23H23ClFN3O4. The minimum atomic E-state index is -1.42. The minimum Gasteiger partial charge on any atom is -0.497 e. The van der Waals surface area contributed by atoms with Gasteiger partial charge in [0.15, 0.2) is 0 Å². The van der Waals surface area contributed by atoms with Gasteiger partial charge in [-0.15, -0.1) is 0 Å². The molecule has 0 atom stereocenters. The van der Waals surface area contributed by atoms with Crippen molar-refractivity contribution < 1.29 is 19.0 Å². The molecule has 2 aromatic heterocycles. The first-order chi connectivity index (χ1) is 15.3. The van der Waals surface area contributed by atoms with E-state index in [9.17, 15) is 14.7 Å². The number of carbonyl (C=O) groups is 1. The van der Waals surface area contributed by atoms with Crippen molar-refractivity contribution in [2.75, 3.05) is 19.1 Å². The predicted octanol–water partition coefficient (Wildman–Crippen LogP) is 4.65. The number of aromatic carboxylic acids is 1. The zero-order chi connectivity index (χ0) is 23.0. The topological polar surface area (TPSA) is 84.7 Å². The van der Waals surface area contributed by atoms with Gasteiger partial charge in [-0.05, 0) is 25.0 Å². The summed E-state index contributed by atoms with van der Waals surface area (Å²) in [6.07, 6.45) is 7.77. The van der Waals surface area contributed by atoms with Crippen LogP contribution in [0.4, 0.5) is 10.1 Å². The zero-order valence-electron chi connectivity index (χ0n) is 17.8. The molecule has 9 heteroatoms. The Morgan fingerprint density at radius 2 is 2.03 bits per heavy atom. The highest BCUT2D eigenvalue weighted by atomic mass is 35.5. The Morgan fingerprint density at radius 3 is 2.69 bits per heavy atom. The molecule has 2 heterocycles. The number of methoxy groups -OCH3 is 1. The SMILES string of the molecule is COc1ccnc(-n2cc(C(=O)O)c(=O)c3cc(F)c(N(C)C4CCCCC4)c(Cl)c32)c1. The summed E-state index contributed by atoms with van der Waals surface area (Å²) in [4.78, 5) is 30.7. The van der Waals surface area contributed by atoms with E-state index in [0.29, 0.717) is 5.75 Å². The molecule has 0 amide bonds. The second-order valence-electron chi connectivity index (χ2n) is 7.92. The summed E-state index contributed by atoms with van der Waals surface area (Å²) in [6, 6.07) is 4.42. The quantitative estimate of drug-likeness (QED) is 0.597. The van der Waals surface area contributed by atoms with Crippen molar-refractivity contribution >= 4 is 34.2 Å². The van der Waals surface area contributed by atoms with Crippen LogP contribution in [-0.4, -0.2) is 40.8 Å². The molecular weight excluding hydrogens is 437 g/mol. The number of halogens is 2. The zero-order valence-corrected chi connectivity index (χ0v) is 18.5. The van der Waals surface area contributed by atoms with E-state index in [1.807, 2.05) is 4.90 Å². The lowest BCUT2D eigenvalue weighted by Gasteiger charge is -2.34. The number of benzene rings is 1. The number of anilines is 1. The molecule has 3 aromatic rings. The lowest BCUT2D eigenvalue weighted by atomic mass is 9.94. The number of pyridine rings is 2. The van der Waals surface area contributed by atoms with Gasteiger partial charge in [-0.3, -0.25) is 9.36 Å². The number of carboxylic acid groups (broad SMARTS) is 1. The summed E-state index contributed by atoms with van der Waals surface area (Å²) in [5.41, 5.74) is -0.933. The number of carboxylic acids is 1. The summed E-state index contributed by atoms with van der Waals surface area (Å²) < 4.78 is 21.9. The first-order valence-corrected chi connectivity index (χ1v) is 10.7. The molecule has 168 valence electrons. The number of hydrogen-bond acceptors (Lipinski definition) is 5. The normalized spacial score (nSPS) is 14.5. The Bertz CT molecular complexity index is 1250. The number of ether oxygens (including phenoxy) is 1. The summed E-state index contributed by atoms with van der Waals surface area (Å²) >= 11 is 6.75.